The smallest absolute Gasteiger partial charge is 0.309 e. The molecule has 0 amide bonds. The quantitative estimate of drug-likeness (QED) is 0.938. The van der Waals surface area contributed by atoms with Crippen LogP contribution in [-0.4, -0.2) is 16.1 Å². The molecule has 98 valence electrons. The van der Waals surface area contributed by atoms with E-state index in [0.717, 1.165) is 22.9 Å². The first kappa shape index (κ1) is 12.6. The molecule has 1 aliphatic carbocycles. The predicted molar refractivity (Wildman–Crippen MR) is 74.9 cm³/mol. The molecule has 1 fully saturated rings. The summed E-state index contributed by atoms with van der Waals surface area (Å²) in [4.78, 5) is 15.2. The van der Waals surface area contributed by atoms with Crippen molar-refractivity contribution in [1.29, 1.82) is 0 Å². The normalized spacial score (nSPS) is 16.3. The Bertz CT molecular complexity index is 634. The summed E-state index contributed by atoms with van der Waals surface area (Å²) in [7, 11) is 0. The van der Waals surface area contributed by atoms with Gasteiger partial charge < -0.3 is 5.11 Å². The SMILES string of the molecule is O=C(O)Cc1csc(C2(c3cccc(Cl)c3)CC2)n1. The lowest BCUT2D eigenvalue weighted by molar-refractivity contribution is -0.136. The molecule has 1 saturated carbocycles. The van der Waals surface area contributed by atoms with Crippen molar-refractivity contribution in [3.8, 4) is 0 Å². The van der Waals surface area contributed by atoms with Crippen LogP contribution in [-0.2, 0) is 16.6 Å². The summed E-state index contributed by atoms with van der Waals surface area (Å²) in [5.74, 6) is -0.843. The lowest BCUT2D eigenvalue weighted by atomic mass is 9.97. The molecule has 3 rings (SSSR count). The van der Waals surface area contributed by atoms with Gasteiger partial charge in [-0.25, -0.2) is 4.98 Å². The Morgan fingerprint density at radius 3 is 2.89 bits per heavy atom. The molecule has 5 heteroatoms. The third kappa shape index (κ3) is 2.38. The topological polar surface area (TPSA) is 50.2 Å². The number of aliphatic carboxylic acids is 1. The van der Waals surface area contributed by atoms with Gasteiger partial charge in [-0.3, -0.25) is 4.79 Å². The average Bonchev–Trinajstić information content (AvgIpc) is 3.04. The van der Waals surface area contributed by atoms with E-state index >= 15 is 0 Å². The second-order valence-electron chi connectivity index (χ2n) is 4.81. The highest BCUT2D eigenvalue weighted by molar-refractivity contribution is 7.09. The standard InChI is InChI=1S/C14H12ClNO2S/c15-10-3-1-2-9(6-10)14(4-5-14)13-16-11(8-19-13)7-12(17)18/h1-3,6,8H,4-5,7H2,(H,17,18). The van der Waals surface area contributed by atoms with Crippen LogP contribution in [0.5, 0.6) is 0 Å². The van der Waals surface area contributed by atoms with Gasteiger partial charge in [0.2, 0.25) is 0 Å². The summed E-state index contributed by atoms with van der Waals surface area (Å²) < 4.78 is 0. The minimum Gasteiger partial charge on any atom is -0.481 e. The first-order valence-electron chi connectivity index (χ1n) is 6.03. The number of carbonyl (C=O) groups is 1. The van der Waals surface area contributed by atoms with E-state index in [1.54, 1.807) is 11.3 Å². The van der Waals surface area contributed by atoms with E-state index in [0.29, 0.717) is 5.69 Å². The molecule has 19 heavy (non-hydrogen) atoms. The van der Waals surface area contributed by atoms with E-state index < -0.39 is 5.97 Å². The van der Waals surface area contributed by atoms with Crippen LogP contribution in [0.4, 0.5) is 0 Å². The van der Waals surface area contributed by atoms with Crippen LogP contribution in [0, 0.1) is 0 Å². The number of nitrogens with zero attached hydrogens (tertiary/aromatic N) is 1. The Balaban J connectivity index is 1.93. The number of carboxylic acid groups (broad SMARTS) is 1. The van der Waals surface area contributed by atoms with Crippen molar-refractivity contribution in [3.05, 3.63) is 50.9 Å². The van der Waals surface area contributed by atoms with Gasteiger partial charge in [-0.05, 0) is 30.5 Å². The maximum Gasteiger partial charge on any atom is 0.309 e. The molecular weight excluding hydrogens is 282 g/mol. The summed E-state index contributed by atoms with van der Waals surface area (Å²) in [5.41, 5.74) is 1.78. The van der Waals surface area contributed by atoms with Gasteiger partial charge in [-0.2, -0.15) is 0 Å². The Kier molecular flexibility index (Phi) is 3.07. The van der Waals surface area contributed by atoms with Crippen LogP contribution in [0.3, 0.4) is 0 Å². The minimum absolute atomic E-state index is 0.0118. The number of rotatable bonds is 4. The van der Waals surface area contributed by atoms with E-state index in [-0.39, 0.29) is 11.8 Å². The van der Waals surface area contributed by atoms with E-state index in [4.69, 9.17) is 16.7 Å². The number of hydrogen-bond donors (Lipinski definition) is 1. The van der Waals surface area contributed by atoms with E-state index in [1.807, 2.05) is 23.6 Å². The summed E-state index contributed by atoms with van der Waals surface area (Å²) in [6, 6.07) is 7.85. The fraction of sp³-hybridized carbons (Fsp3) is 0.286. The van der Waals surface area contributed by atoms with Crippen LogP contribution in [0.2, 0.25) is 5.02 Å². The van der Waals surface area contributed by atoms with Gasteiger partial charge in [0.1, 0.15) is 5.01 Å². The summed E-state index contributed by atoms with van der Waals surface area (Å²) in [5, 5.41) is 12.4. The molecule has 1 heterocycles. The van der Waals surface area contributed by atoms with Crippen LogP contribution in [0.1, 0.15) is 29.1 Å². The van der Waals surface area contributed by atoms with Crippen molar-refractivity contribution >= 4 is 28.9 Å². The number of halogens is 1. The maximum atomic E-state index is 10.7. The lowest BCUT2D eigenvalue weighted by Gasteiger charge is -2.12. The predicted octanol–water partition coefficient (Wildman–Crippen LogP) is 3.50. The highest BCUT2D eigenvalue weighted by Gasteiger charge is 2.48. The molecule has 0 atom stereocenters. The Morgan fingerprint density at radius 2 is 2.26 bits per heavy atom. The maximum absolute atomic E-state index is 10.7. The zero-order valence-corrected chi connectivity index (χ0v) is 11.7. The van der Waals surface area contributed by atoms with Crippen molar-refractivity contribution < 1.29 is 9.90 Å². The molecule has 0 bridgehead atoms. The van der Waals surface area contributed by atoms with Crippen LogP contribution in [0.15, 0.2) is 29.6 Å². The molecule has 0 unspecified atom stereocenters. The monoisotopic (exact) mass is 293 g/mol. The minimum atomic E-state index is -0.843. The molecule has 1 aromatic carbocycles. The largest absolute Gasteiger partial charge is 0.481 e. The van der Waals surface area contributed by atoms with Gasteiger partial charge in [-0.1, -0.05) is 23.7 Å². The molecule has 0 radical (unpaired) electrons. The van der Waals surface area contributed by atoms with Gasteiger partial charge in [0, 0.05) is 15.8 Å². The first-order valence-corrected chi connectivity index (χ1v) is 7.29. The van der Waals surface area contributed by atoms with Crippen molar-refractivity contribution in [2.75, 3.05) is 0 Å². The third-order valence-electron chi connectivity index (χ3n) is 3.42. The second-order valence-corrected chi connectivity index (χ2v) is 6.10. The second kappa shape index (κ2) is 4.62. The van der Waals surface area contributed by atoms with Crippen molar-refractivity contribution in [2.45, 2.75) is 24.7 Å². The van der Waals surface area contributed by atoms with Crippen molar-refractivity contribution in [3.63, 3.8) is 0 Å². The first-order chi connectivity index (χ1) is 9.10. The molecule has 1 aliphatic rings. The molecule has 1 N–H and O–H groups in total. The molecule has 0 spiro atoms. The summed E-state index contributed by atoms with van der Waals surface area (Å²) >= 11 is 7.59. The van der Waals surface area contributed by atoms with Crippen LogP contribution >= 0.6 is 22.9 Å². The van der Waals surface area contributed by atoms with Crippen molar-refractivity contribution in [2.24, 2.45) is 0 Å². The molecule has 3 nitrogen and oxygen atoms in total. The Labute approximate surface area is 119 Å². The molecule has 0 saturated heterocycles. The Morgan fingerprint density at radius 1 is 1.47 bits per heavy atom. The van der Waals surface area contributed by atoms with E-state index in [9.17, 15) is 4.79 Å². The van der Waals surface area contributed by atoms with Gasteiger partial charge in [0.25, 0.3) is 0 Å². The number of thiazole rings is 1. The third-order valence-corrected chi connectivity index (χ3v) is 4.75. The highest BCUT2D eigenvalue weighted by Crippen LogP contribution is 2.54. The van der Waals surface area contributed by atoms with Gasteiger partial charge in [0.15, 0.2) is 0 Å². The lowest BCUT2D eigenvalue weighted by Crippen LogP contribution is -2.09. The number of hydrogen-bond acceptors (Lipinski definition) is 3. The zero-order valence-electron chi connectivity index (χ0n) is 10.1. The number of carboxylic acids is 1. The molecular formula is C14H12ClNO2S. The average molecular weight is 294 g/mol. The van der Waals surface area contributed by atoms with Gasteiger partial charge in [0.05, 0.1) is 12.1 Å². The van der Waals surface area contributed by atoms with Gasteiger partial charge >= 0.3 is 5.97 Å². The molecule has 1 aromatic heterocycles. The van der Waals surface area contributed by atoms with E-state index in [1.165, 1.54) is 5.56 Å². The molecule has 2 aromatic rings. The van der Waals surface area contributed by atoms with Crippen molar-refractivity contribution in [1.82, 2.24) is 4.98 Å². The van der Waals surface area contributed by atoms with Crippen LogP contribution in [0.25, 0.3) is 0 Å². The summed E-state index contributed by atoms with van der Waals surface area (Å²) in [6.07, 6.45) is 2.09. The van der Waals surface area contributed by atoms with Crippen LogP contribution < -0.4 is 0 Å². The number of benzene rings is 1. The Hall–Kier alpha value is -1.39. The van der Waals surface area contributed by atoms with E-state index in [2.05, 4.69) is 11.1 Å². The molecule has 0 aliphatic heterocycles. The fourth-order valence-electron chi connectivity index (χ4n) is 2.30. The zero-order chi connectivity index (χ0) is 13.5. The number of aromatic nitrogens is 1. The summed E-state index contributed by atoms with van der Waals surface area (Å²) in [6.45, 7) is 0. The van der Waals surface area contributed by atoms with Gasteiger partial charge in [-0.15, -0.1) is 11.3 Å². The fourth-order valence-corrected chi connectivity index (χ4v) is 3.59. The highest BCUT2D eigenvalue weighted by atomic mass is 35.5.